The van der Waals surface area contributed by atoms with Gasteiger partial charge in [0.05, 0.1) is 0 Å². The fourth-order valence-electron chi connectivity index (χ4n) is 2.27. The van der Waals surface area contributed by atoms with Gasteiger partial charge in [0.1, 0.15) is 12.2 Å². The molecular weight excluding hydrogens is 340 g/mol. The molecular formula is C19H15BrO2. The minimum absolute atomic E-state index is 0.118. The van der Waals surface area contributed by atoms with Crippen LogP contribution in [0, 0.1) is 49.7 Å². The molecule has 1 aromatic carbocycles. The minimum atomic E-state index is -0.678. The van der Waals surface area contributed by atoms with Crippen molar-refractivity contribution in [3.05, 3.63) is 33.3 Å². The van der Waals surface area contributed by atoms with E-state index in [0.29, 0.717) is 0 Å². The van der Waals surface area contributed by atoms with Gasteiger partial charge in [0.25, 0.3) is 0 Å². The van der Waals surface area contributed by atoms with Gasteiger partial charge in [0.15, 0.2) is 12.2 Å². The van der Waals surface area contributed by atoms with E-state index in [4.69, 9.17) is 35.2 Å². The molecule has 0 spiro atoms. The first-order valence-electron chi connectivity index (χ1n) is 6.48. The molecule has 0 radical (unpaired) electrons. The van der Waals surface area contributed by atoms with E-state index in [1.807, 2.05) is 26.0 Å². The van der Waals surface area contributed by atoms with Crippen molar-refractivity contribution < 1.29 is 9.47 Å². The van der Waals surface area contributed by atoms with Crippen LogP contribution in [0.3, 0.4) is 0 Å². The van der Waals surface area contributed by atoms with Crippen molar-refractivity contribution in [2.75, 3.05) is 0 Å². The third kappa shape index (κ3) is 3.80. The maximum Gasteiger partial charge on any atom is 0.196 e. The molecule has 2 unspecified atom stereocenters. The second-order valence-electron chi connectivity index (χ2n) is 4.72. The number of halogens is 1. The van der Waals surface area contributed by atoms with Gasteiger partial charge in [0.2, 0.25) is 0 Å². The molecule has 0 aliphatic carbocycles. The van der Waals surface area contributed by atoms with Gasteiger partial charge in [-0.3, -0.25) is 0 Å². The summed E-state index contributed by atoms with van der Waals surface area (Å²) in [6.07, 6.45) is 24.4. The summed E-state index contributed by atoms with van der Waals surface area (Å²) in [6.45, 7) is 4.03. The molecule has 0 bridgehead atoms. The molecule has 0 amide bonds. The molecule has 22 heavy (non-hydrogen) atoms. The van der Waals surface area contributed by atoms with Gasteiger partial charge in [-0.1, -0.05) is 54.5 Å². The van der Waals surface area contributed by atoms with Crippen molar-refractivity contribution in [3.63, 3.8) is 0 Å². The highest BCUT2D eigenvalue weighted by Crippen LogP contribution is 2.36. The Labute approximate surface area is 140 Å². The summed E-state index contributed by atoms with van der Waals surface area (Å²) >= 11 is 3.44. The lowest BCUT2D eigenvalue weighted by atomic mass is 9.87. The van der Waals surface area contributed by atoms with Crippen molar-refractivity contribution in [3.8, 4) is 49.7 Å². The van der Waals surface area contributed by atoms with Crippen LogP contribution in [0.4, 0.5) is 0 Å². The number of rotatable bonds is 5. The molecule has 110 valence electrons. The largest absolute Gasteiger partial charge is 0.425 e. The maximum atomic E-state index is 5.54. The van der Waals surface area contributed by atoms with Gasteiger partial charge in [0, 0.05) is 15.6 Å². The summed E-state index contributed by atoms with van der Waals surface area (Å²) in [5.74, 6) is 5.20. The van der Waals surface area contributed by atoms with E-state index >= 15 is 0 Å². The Morgan fingerprint density at radius 3 is 1.59 bits per heavy atom. The van der Waals surface area contributed by atoms with Gasteiger partial charge in [-0.2, -0.15) is 0 Å². The third-order valence-electron chi connectivity index (χ3n) is 3.03. The Morgan fingerprint density at radius 1 is 0.909 bits per heavy atom. The first kappa shape index (κ1) is 17.6. The topological polar surface area (TPSA) is 18.5 Å². The first-order valence-corrected chi connectivity index (χ1v) is 7.27. The zero-order valence-electron chi connectivity index (χ0n) is 12.4. The lowest BCUT2D eigenvalue weighted by molar-refractivity contribution is 0.216. The fourth-order valence-corrected chi connectivity index (χ4v) is 2.77. The molecule has 0 aliphatic rings. The Balaban J connectivity index is 3.64. The highest BCUT2D eigenvalue weighted by molar-refractivity contribution is 9.10. The molecule has 0 N–H and O–H groups in total. The van der Waals surface area contributed by atoms with Crippen LogP contribution in [0.2, 0.25) is 0 Å². The predicted octanol–water partition coefficient (Wildman–Crippen LogP) is 4.14. The highest BCUT2D eigenvalue weighted by atomic mass is 79.9. The monoisotopic (exact) mass is 354 g/mol. The Morgan fingerprint density at radius 2 is 1.32 bits per heavy atom. The molecule has 2 nitrogen and oxygen atoms in total. The molecule has 0 fully saturated rings. The van der Waals surface area contributed by atoms with Crippen LogP contribution in [0.1, 0.15) is 48.7 Å². The molecule has 2 atom stereocenters. The number of benzene rings is 1. The van der Waals surface area contributed by atoms with Gasteiger partial charge in [-0.25, -0.2) is 0 Å². The molecule has 0 heterocycles. The van der Waals surface area contributed by atoms with E-state index in [-0.39, 0.29) is 5.92 Å². The normalized spacial score (nSPS) is 12.2. The van der Waals surface area contributed by atoms with E-state index < -0.39 is 12.2 Å². The van der Waals surface area contributed by atoms with E-state index in [0.717, 1.165) is 21.2 Å². The number of ether oxygens (including phenoxy) is 2. The Hall–Kier alpha value is -2.46. The zero-order valence-corrected chi connectivity index (χ0v) is 14.0. The second kappa shape index (κ2) is 8.10. The van der Waals surface area contributed by atoms with Crippen LogP contribution in [0.25, 0.3) is 0 Å². The van der Waals surface area contributed by atoms with E-state index in [9.17, 15) is 0 Å². The zero-order chi connectivity index (χ0) is 16.7. The van der Waals surface area contributed by atoms with E-state index in [2.05, 4.69) is 40.0 Å². The van der Waals surface area contributed by atoms with Crippen molar-refractivity contribution in [2.24, 2.45) is 0 Å². The van der Waals surface area contributed by atoms with Crippen molar-refractivity contribution in [1.82, 2.24) is 0 Å². The van der Waals surface area contributed by atoms with E-state index in [1.54, 1.807) is 0 Å². The summed E-state index contributed by atoms with van der Waals surface area (Å²) in [7, 11) is 0. The van der Waals surface area contributed by atoms with Crippen LogP contribution in [-0.4, -0.2) is 0 Å². The van der Waals surface area contributed by atoms with Crippen LogP contribution < -0.4 is 0 Å². The SMILES string of the molecule is C#COC(C#C)c1cc(Br)cc(C(C#C)OC#C)c1C(C)C. The molecule has 1 rings (SSSR count). The lowest BCUT2D eigenvalue weighted by Gasteiger charge is -2.23. The van der Waals surface area contributed by atoms with Crippen molar-refractivity contribution >= 4 is 15.9 Å². The summed E-state index contributed by atoms with van der Waals surface area (Å²) in [5, 5.41) is 0. The number of terminal acetylenes is 4. The maximum absolute atomic E-state index is 5.54. The molecule has 1 aromatic rings. The molecule has 0 aliphatic heterocycles. The average molecular weight is 355 g/mol. The molecule has 0 saturated carbocycles. The van der Waals surface area contributed by atoms with E-state index in [1.165, 1.54) is 0 Å². The lowest BCUT2D eigenvalue weighted by Crippen LogP contribution is -2.11. The van der Waals surface area contributed by atoms with Crippen molar-refractivity contribution in [2.45, 2.75) is 32.0 Å². The number of hydrogen-bond donors (Lipinski definition) is 0. The van der Waals surface area contributed by atoms with Crippen molar-refractivity contribution in [1.29, 1.82) is 0 Å². The smallest absolute Gasteiger partial charge is 0.196 e. The Kier molecular flexibility index (Phi) is 6.47. The van der Waals surface area contributed by atoms with Gasteiger partial charge in [-0.05, 0) is 23.6 Å². The number of hydrogen-bond acceptors (Lipinski definition) is 2. The summed E-state index contributed by atoms with van der Waals surface area (Å²) in [5.41, 5.74) is 2.45. The third-order valence-corrected chi connectivity index (χ3v) is 3.48. The average Bonchev–Trinajstić information content (AvgIpc) is 2.48. The Bertz CT molecular complexity index is 650. The molecule has 0 aromatic heterocycles. The van der Waals surface area contributed by atoms with Gasteiger partial charge < -0.3 is 9.47 Å². The summed E-state index contributed by atoms with van der Waals surface area (Å²) < 4.78 is 11.2. The van der Waals surface area contributed by atoms with Gasteiger partial charge in [-0.15, -0.1) is 12.8 Å². The molecule has 3 heteroatoms. The quantitative estimate of drug-likeness (QED) is 0.740. The summed E-state index contributed by atoms with van der Waals surface area (Å²) in [4.78, 5) is 0. The minimum Gasteiger partial charge on any atom is -0.425 e. The second-order valence-corrected chi connectivity index (χ2v) is 5.63. The van der Waals surface area contributed by atoms with Crippen LogP contribution in [-0.2, 0) is 9.47 Å². The fraction of sp³-hybridized carbons (Fsp3) is 0.263. The van der Waals surface area contributed by atoms with Crippen LogP contribution in [0.15, 0.2) is 16.6 Å². The first-order chi connectivity index (χ1) is 10.5. The van der Waals surface area contributed by atoms with Crippen LogP contribution in [0.5, 0.6) is 0 Å². The standard InChI is InChI=1S/C19H15BrO2/c1-7-17(21-9-3)15-11-14(20)12-16(19(15)13(5)6)18(8-2)22-10-4/h1-4,11-13,17-18H,5-6H3. The highest BCUT2D eigenvalue weighted by Gasteiger charge is 2.24. The molecule has 0 saturated heterocycles. The summed E-state index contributed by atoms with van der Waals surface area (Å²) in [6, 6.07) is 3.73. The van der Waals surface area contributed by atoms with Gasteiger partial charge >= 0.3 is 0 Å². The van der Waals surface area contributed by atoms with Crippen LogP contribution >= 0.6 is 15.9 Å². The predicted molar refractivity (Wildman–Crippen MR) is 91.2 cm³/mol.